The van der Waals surface area contributed by atoms with E-state index in [-0.39, 0.29) is 0 Å². The minimum absolute atomic E-state index is 0.717. The Bertz CT molecular complexity index is 2620. The minimum Gasteiger partial charge on any atom is -0.228 e. The van der Waals surface area contributed by atoms with Gasteiger partial charge in [0.05, 0.1) is 11.2 Å². The first kappa shape index (κ1) is 27.9. The van der Waals surface area contributed by atoms with E-state index in [0.29, 0.717) is 0 Å². The van der Waals surface area contributed by atoms with Gasteiger partial charge >= 0.3 is 0 Å². The van der Waals surface area contributed by atoms with E-state index in [1.165, 1.54) is 38.4 Å². The van der Waals surface area contributed by atoms with E-state index in [2.05, 4.69) is 182 Å². The molecule has 2 heteroatoms. The molecule has 224 valence electrons. The molecule has 9 rings (SSSR count). The monoisotopic (exact) mass is 610 g/mol. The molecule has 0 aliphatic carbocycles. The standard InChI is InChI=1S/C46H30N2/c1-2-11-31(12-3-1)35-16-8-17-36(27-35)37-18-9-19-38(28-37)39-20-10-21-41(30-39)46-47-43-26-25-33-14-6-7-22-42(33)44(43)45(48-46)40-24-23-32-13-4-5-15-34(32)29-40/h1-30H. The van der Waals surface area contributed by atoms with Gasteiger partial charge in [0.25, 0.3) is 0 Å². The number of nitrogens with zero attached hydrogens (tertiary/aromatic N) is 2. The van der Waals surface area contributed by atoms with E-state index in [9.17, 15) is 0 Å². The molecule has 0 aliphatic rings. The second-order valence-electron chi connectivity index (χ2n) is 12.2. The molecule has 0 radical (unpaired) electrons. The summed E-state index contributed by atoms with van der Waals surface area (Å²) in [5, 5.41) is 5.83. The Morgan fingerprint density at radius 2 is 0.812 bits per heavy atom. The zero-order valence-corrected chi connectivity index (χ0v) is 26.2. The Hall–Kier alpha value is -6.38. The van der Waals surface area contributed by atoms with Crippen LogP contribution in [0, 0.1) is 0 Å². The predicted molar refractivity (Wildman–Crippen MR) is 202 cm³/mol. The van der Waals surface area contributed by atoms with E-state index in [1.807, 2.05) is 0 Å². The fourth-order valence-corrected chi connectivity index (χ4v) is 6.80. The maximum Gasteiger partial charge on any atom is 0.160 e. The van der Waals surface area contributed by atoms with E-state index in [0.717, 1.165) is 50.1 Å². The van der Waals surface area contributed by atoms with Crippen LogP contribution in [0.1, 0.15) is 0 Å². The SMILES string of the molecule is c1ccc(-c2cccc(-c3cccc(-c4cccc(-c5nc(-c6ccc7ccccc7c6)c6c(ccc7ccccc76)n5)c4)c3)c2)cc1. The molecule has 0 atom stereocenters. The summed E-state index contributed by atoms with van der Waals surface area (Å²) in [4.78, 5) is 10.5. The van der Waals surface area contributed by atoms with Gasteiger partial charge in [-0.25, -0.2) is 9.97 Å². The molecule has 1 aromatic heterocycles. The summed E-state index contributed by atoms with van der Waals surface area (Å²) in [6.07, 6.45) is 0. The van der Waals surface area contributed by atoms with Crippen molar-refractivity contribution >= 4 is 32.4 Å². The molecule has 0 bridgehead atoms. The fraction of sp³-hybridized carbons (Fsp3) is 0. The van der Waals surface area contributed by atoms with Gasteiger partial charge in [0.1, 0.15) is 0 Å². The lowest BCUT2D eigenvalue weighted by Gasteiger charge is -2.13. The van der Waals surface area contributed by atoms with Crippen LogP contribution in [0.3, 0.4) is 0 Å². The molecule has 0 N–H and O–H groups in total. The van der Waals surface area contributed by atoms with Crippen molar-refractivity contribution in [2.75, 3.05) is 0 Å². The lowest BCUT2D eigenvalue weighted by atomic mass is 9.95. The number of benzene rings is 8. The average Bonchev–Trinajstić information content (AvgIpc) is 3.17. The van der Waals surface area contributed by atoms with Gasteiger partial charge in [-0.1, -0.05) is 152 Å². The van der Waals surface area contributed by atoms with Crippen LogP contribution in [0.25, 0.3) is 88.5 Å². The predicted octanol–water partition coefficient (Wildman–Crippen LogP) is 12.3. The molecule has 0 fully saturated rings. The van der Waals surface area contributed by atoms with Crippen molar-refractivity contribution in [3.05, 3.63) is 182 Å². The molecule has 9 aromatic rings. The van der Waals surface area contributed by atoms with E-state index >= 15 is 0 Å². The van der Waals surface area contributed by atoms with Crippen molar-refractivity contribution in [2.45, 2.75) is 0 Å². The highest BCUT2D eigenvalue weighted by Crippen LogP contribution is 2.37. The second kappa shape index (κ2) is 11.8. The van der Waals surface area contributed by atoms with Crippen LogP contribution in [0.4, 0.5) is 0 Å². The average molecular weight is 611 g/mol. The molecular weight excluding hydrogens is 581 g/mol. The molecule has 8 aromatic carbocycles. The molecular formula is C46H30N2. The molecule has 2 nitrogen and oxygen atoms in total. The highest BCUT2D eigenvalue weighted by Gasteiger charge is 2.15. The van der Waals surface area contributed by atoms with Gasteiger partial charge in [0.15, 0.2) is 5.82 Å². The molecule has 0 aliphatic heterocycles. The molecule has 48 heavy (non-hydrogen) atoms. The van der Waals surface area contributed by atoms with Crippen LogP contribution in [-0.2, 0) is 0 Å². The summed E-state index contributed by atoms with van der Waals surface area (Å²) >= 11 is 0. The number of hydrogen-bond acceptors (Lipinski definition) is 2. The fourth-order valence-electron chi connectivity index (χ4n) is 6.80. The van der Waals surface area contributed by atoms with Gasteiger partial charge in [0.2, 0.25) is 0 Å². The normalized spacial score (nSPS) is 11.3. The van der Waals surface area contributed by atoms with Crippen LogP contribution < -0.4 is 0 Å². The van der Waals surface area contributed by atoms with Crippen molar-refractivity contribution in [1.82, 2.24) is 9.97 Å². The van der Waals surface area contributed by atoms with Crippen LogP contribution in [-0.4, -0.2) is 9.97 Å². The Morgan fingerprint density at radius 1 is 0.292 bits per heavy atom. The van der Waals surface area contributed by atoms with E-state index in [1.54, 1.807) is 0 Å². The third kappa shape index (κ3) is 5.10. The van der Waals surface area contributed by atoms with Gasteiger partial charge < -0.3 is 0 Å². The Kier molecular flexibility index (Phi) is 6.84. The highest BCUT2D eigenvalue weighted by molar-refractivity contribution is 6.13. The third-order valence-electron chi connectivity index (χ3n) is 9.23. The first-order valence-corrected chi connectivity index (χ1v) is 16.3. The van der Waals surface area contributed by atoms with E-state index in [4.69, 9.17) is 9.97 Å². The van der Waals surface area contributed by atoms with Crippen molar-refractivity contribution in [3.63, 3.8) is 0 Å². The largest absolute Gasteiger partial charge is 0.228 e. The van der Waals surface area contributed by atoms with Gasteiger partial charge in [0, 0.05) is 16.5 Å². The first-order chi connectivity index (χ1) is 23.8. The smallest absolute Gasteiger partial charge is 0.160 e. The maximum atomic E-state index is 5.33. The lowest BCUT2D eigenvalue weighted by molar-refractivity contribution is 1.23. The zero-order valence-electron chi connectivity index (χ0n) is 26.2. The molecule has 0 saturated heterocycles. The summed E-state index contributed by atoms with van der Waals surface area (Å²) in [7, 11) is 0. The molecule has 1 heterocycles. The third-order valence-corrected chi connectivity index (χ3v) is 9.23. The van der Waals surface area contributed by atoms with Gasteiger partial charge in [-0.05, 0) is 85.3 Å². The van der Waals surface area contributed by atoms with Crippen molar-refractivity contribution in [3.8, 4) is 56.0 Å². The van der Waals surface area contributed by atoms with E-state index < -0.39 is 0 Å². The van der Waals surface area contributed by atoms with Gasteiger partial charge in [-0.3, -0.25) is 0 Å². The summed E-state index contributed by atoms with van der Waals surface area (Å²) < 4.78 is 0. The van der Waals surface area contributed by atoms with Crippen LogP contribution in [0.15, 0.2) is 182 Å². The molecule has 0 saturated carbocycles. The van der Waals surface area contributed by atoms with Crippen molar-refractivity contribution < 1.29 is 0 Å². The first-order valence-electron chi connectivity index (χ1n) is 16.3. The zero-order chi connectivity index (χ0) is 31.9. The molecule has 0 unspecified atom stereocenters. The van der Waals surface area contributed by atoms with Crippen LogP contribution >= 0.6 is 0 Å². The van der Waals surface area contributed by atoms with Crippen molar-refractivity contribution in [2.24, 2.45) is 0 Å². The summed E-state index contributed by atoms with van der Waals surface area (Å²) in [5.74, 6) is 0.717. The molecule has 0 amide bonds. The topological polar surface area (TPSA) is 25.8 Å². The second-order valence-corrected chi connectivity index (χ2v) is 12.2. The van der Waals surface area contributed by atoms with Crippen molar-refractivity contribution in [1.29, 1.82) is 0 Å². The summed E-state index contributed by atoms with van der Waals surface area (Å²) in [6.45, 7) is 0. The quantitative estimate of drug-likeness (QED) is 0.181. The Labute approximate surface area is 279 Å². The maximum absolute atomic E-state index is 5.33. The lowest BCUT2D eigenvalue weighted by Crippen LogP contribution is -1.96. The van der Waals surface area contributed by atoms with Crippen LogP contribution in [0.2, 0.25) is 0 Å². The highest BCUT2D eigenvalue weighted by atomic mass is 14.9. The summed E-state index contributed by atoms with van der Waals surface area (Å²) in [5.41, 5.74) is 11.0. The number of aromatic nitrogens is 2. The van der Waals surface area contributed by atoms with Gasteiger partial charge in [-0.2, -0.15) is 0 Å². The summed E-state index contributed by atoms with van der Waals surface area (Å²) in [6, 6.07) is 64.6. The minimum atomic E-state index is 0.717. The number of fused-ring (bicyclic) bond motifs is 4. The Morgan fingerprint density at radius 3 is 1.52 bits per heavy atom. The Balaban J connectivity index is 1.16. The number of hydrogen-bond donors (Lipinski definition) is 0. The van der Waals surface area contributed by atoms with Crippen LogP contribution in [0.5, 0.6) is 0 Å². The molecule has 0 spiro atoms. The van der Waals surface area contributed by atoms with Gasteiger partial charge in [-0.15, -0.1) is 0 Å². The number of rotatable bonds is 5.